The molecule has 1 aliphatic rings. The molecule has 0 aliphatic carbocycles. The summed E-state index contributed by atoms with van der Waals surface area (Å²) in [6.45, 7) is 0.938. The molecule has 88 valence electrons. The van der Waals surface area contributed by atoms with Gasteiger partial charge in [-0.1, -0.05) is 0 Å². The topological polar surface area (TPSA) is 20.3 Å². The number of hydrogen-bond donors (Lipinski definition) is 0. The van der Waals surface area contributed by atoms with Crippen LogP contribution in [0.5, 0.6) is 0 Å². The lowest BCUT2D eigenvalue weighted by Gasteiger charge is -2.24. The van der Waals surface area contributed by atoms with Crippen LogP contribution in [0.25, 0.3) is 0 Å². The van der Waals surface area contributed by atoms with Crippen molar-refractivity contribution < 1.29 is 4.79 Å². The van der Waals surface area contributed by atoms with Gasteiger partial charge < -0.3 is 4.90 Å². The van der Waals surface area contributed by atoms with Crippen LogP contribution < -0.4 is 0 Å². The number of thioether (sulfide) groups is 1. The fourth-order valence-electron chi connectivity index (χ4n) is 2.21. The Morgan fingerprint density at radius 3 is 3.25 bits per heavy atom. The predicted octanol–water partition coefficient (Wildman–Crippen LogP) is 3.16. The molecular formula is C12H17NOS2. The van der Waals surface area contributed by atoms with E-state index in [-0.39, 0.29) is 0 Å². The number of thiophene rings is 1. The number of hydrogen-bond acceptors (Lipinski definition) is 3. The minimum Gasteiger partial charge on any atom is -0.336 e. The summed E-state index contributed by atoms with van der Waals surface area (Å²) in [6.07, 6.45) is 5.00. The minimum atomic E-state index is 0.322. The number of nitrogens with zero attached hydrogens (tertiary/aromatic N) is 1. The van der Waals surface area contributed by atoms with Crippen molar-refractivity contribution >= 4 is 29.0 Å². The van der Waals surface area contributed by atoms with E-state index in [1.165, 1.54) is 5.56 Å². The van der Waals surface area contributed by atoms with Crippen molar-refractivity contribution in [3.8, 4) is 0 Å². The predicted molar refractivity (Wildman–Crippen MR) is 71.0 cm³/mol. The Balaban J connectivity index is 2.01. The molecule has 0 unspecified atom stereocenters. The zero-order valence-electron chi connectivity index (χ0n) is 9.52. The maximum absolute atomic E-state index is 12.0. The fraction of sp³-hybridized carbons (Fsp3) is 0.583. The lowest BCUT2D eigenvalue weighted by Crippen LogP contribution is -2.30. The minimum absolute atomic E-state index is 0.322. The Hall–Kier alpha value is -0.480. The van der Waals surface area contributed by atoms with Crippen LogP contribution in [0.15, 0.2) is 16.8 Å². The first-order chi connectivity index (χ1) is 7.83. The van der Waals surface area contributed by atoms with Crippen LogP contribution in [0.4, 0.5) is 0 Å². The third kappa shape index (κ3) is 2.61. The third-order valence-electron chi connectivity index (χ3n) is 3.02. The second-order valence-electron chi connectivity index (χ2n) is 4.04. The molecule has 1 atom stereocenters. The van der Waals surface area contributed by atoms with Gasteiger partial charge in [-0.3, -0.25) is 4.79 Å². The highest BCUT2D eigenvalue weighted by atomic mass is 32.2. The molecule has 16 heavy (non-hydrogen) atoms. The van der Waals surface area contributed by atoms with E-state index in [4.69, 9.17) is 0 Å². The zero-order chi connectivity index (χ0) is 11.4. The van der Waals surface area contributed by atoms with Crippen molar-refractivity contribution in [2.75, 3.05) is 18.6 Å². The Kier molecular flexibility index (Phi) is 4.29. The average molecular weight is 255 g/mol. The lowest BCUT2D eigenvalue weighted by atomic mass is 10.1. The van der Waals surface area contributed by atoms with Gasteiger partial charge in [0.2, 0.25) is 5.91 Å². The van der Waals surface area contributed by atoms with Gasteiger partial charge in [-0.25, -0.2) is 0 Å². The third-order valence-corrected chi connectivity index (χ3v) is 4.33. The molecular weight excluding hydrogens is 238 g/mol. The maximum atomic E-state index is 12.0. The highest BCUT2D eigenvalue weighted by molar-refractivity contribution is 7.98. The monoisotopic (exact) mass is 255 g/mol. The Morgan fingerprint density at radius 2 is 2.56 bits per heavy atom. The van der Waals surface area contributed by atoms with E-state index in [9.17, 15) is 4.79 Å². The van der Waals surface area contributed by atoms with Gasteiger partial charge in [-0.15, -0.1) is 0 Å². The Morgan fingerprint density at radius 1 is 1.69 bits per heavy atom. The summed E-state index contributed by atoms with van der Waals surface area (Å²) >= 11 is 3.46. The number of likely N-dealkylation sites (tertiary alicyclic amines) is 1. The van der Waals surface area contributed by atoms with Crippen molar-refractivity contribution in [2.45, 2.75) is 25.3 Å². The molecule has 2 nitrogen and oxygen atoms in total. The van der Waals surface area contributed by atoms with E-state index in [2.05, 4.69) is 21.7 Å². The molecule has 4 heteroatoms. The molecule has 1 aromatic heterocycles. The van der Waals surface area contributed by atoms with Gasteiger partial charge in [0.15, 0.2) is 0 Å². The zero-order valence-corrected chi connectivity index (χ0v) is 11.1. The van der Waals surface area contributed by atoms with Gasteiger partial charge in [0.05, 0.1) is 6.04 Å². The Bertz CT molecular complexity index is 337. The van der Waals surface area contributed by atoms with E-state index >= 15 is 0 Å². The SMILES string of the molecule is CSCCC(=O)N1CCC[C@H]1c1ccsc1. The number of amides is 1. The molecule has 0 aromatic carbocycles. The lowest BCUT2D eigenvalue weighted by molar-refractivity contribution is -0.131. The van der Waals surface area contributed by atoms with Gasteiger partial charge in [0.25, 0.3) is 0 Å². The first-order valence-corrected chi connectivity index (χ1v) is 7.97. The van der Waals surface area contributed by atoms with E-state index in [1.807, 2.05) is 6.26 Å². The van der Waals surface area contributed by atoms with Crippen molar-refractivity contribution in [3.63, 3.8) is 0 Å². The normalized spacial score (nSPS) is 20.3. The molecule has 0 bridgehead atoms. The summed E-state index contributed by atoms with van der Waals surface area (Å²) in [7, 11) is 0. The van der Waals surface area contributed by atoms with Gasteiger partial charge in [-0.2, -0.15) is 23.1 Å². The summed E-state index contributed by atoms with van der Waals surface area (Å²) in [4.78, 5) is 14.1. The van der Waals surface area contributed by atoms with Crippen LogP contribution in [-0.4, -0.2) is 29.4 Å². The molecule has 0 radical (unpaired) electrons. The number of rotatable bonds is 4. The highest BCUT2D eigenvalue weighted by Crippen LogP contribution is 2.33. The Labute approximate surface area is 105 Å². The van der Waals surface area contributed by atoms with Gasteiger partial charge >= 0.3 is 0 Å². The number of carbonyl (C=O) groups excluding carboxylic acids is 1. The standard InChI is InChI=1S/C12H17NOS2/c1-15-7-5-12(14)13-6-2-3-11(13)10-4-8-16-9-10/h4,8-9,11H,2-3,5-7H2,1H3/t11-/m0/s1. The molecule has 1 fully saturated rings. The van der Waals surface area contributed by atoms with Crippen LogP contribution in [0, 0.1) is 0 Å². The van der Waals surface area contributed by atoms with E-state index in [0.717, 1.165) is 25.1 Å². The second kappa shape index (κ2) is 5.73. The summed E-state index contributed by atoms with van der Waals surface area (Å²) in [5.41, 5.74) is 1.32. The van der Waals surface area contributed by atoms with Gasteiger partial charge in [0, 0.05) is 18.7 Å². The number of carbonyl (C=O) groups is 1. The summed E-state index contributed by atoms with van der Waals surface area (Å²) in [5, 5.41) is 4.27. The van der Waals surface area contributed by atoms with Gasteiger partial charge in [-0.05, 0) is 41.5 Å². The molecule has 1 saturated heterocycles. The molecule has 0 saturated carbocycles. The van der Waals surface area contributed by atoms with E-state index < -0.39 is 0 Å². The molecule has 1 amide bonds. The quantitative estimate of drug-likeness (QED) is 0.823. The molecule has 1 aliphatic heterocycles. The van der Waals surface area contributed by atoms with E-state index in [1.54, 1.807) is 23.1 Å². The fourth-order valence-corrected chi connectivity index (χ4v) is 3.30. The van der Waals surface area contributed by atoms with Crippen molar-refractivity contribution in [1.29, 1.82) is 0 Å². The van der Waals surface area contributed by atoms with Crippen molar-refractivity contribution in [1.82, 2.24) is 4.90 Å². The van der Waals surface area contributed by atoms with Crippen LogP contribution in [0.3, 0.4) is 0 Å². The average Bonchev–Trinajstić information content (AvgIpc) is 2.94. The van der Waals surface area contributed by atoms with Crippen molar-refractivity contribution in [2.24, 2.45) is 0 Å². The summed E-state index contributed by atoms with van der Waals surface area (Å²) < 4.78 is 0. The largest absolute Gasteiger partial charge is 0.336 e. The van der Waals surface area contributed by atoms with E-state index in [0.29, 0.717) is 18.4 Å². The van der Waals surface area contributed by atoms with Crippen LogP contribution in [0.1, 0.15) is 30.9 Å². The smallest absolute Gasteiger partial charge is 0.223 e. The first kappa shape index (κ1) is 12.0. The molecule has 2 rings (SSSR count). The second-order valence-corrected chi connectivity index (χ2v) is 5.81. The van der Waals surface area contributed by atoms with Gasteiger partial charge in [0.1, 0.15) is 0 Å². The molecule has 1 aromatic rings. The van der Waals surface area contributed by atoms with Crippen LogP contribution >= 0.6 is 23.1 Å². The van der Waals surface area contributed by atoms with Crippen molar-refractivity contribution in [3.05, 3.63) is 22.4 Å². The maximum Gasteiger partial charge on any atom is 0.223 e. The summed E-state index contributed by atoms with van der Waals surface area (Å²) in [5.74, 6) is 1.26. The molecule has 0 spiro atoms. The van der Waals surface area contributed by atoms with Crippen LogP contribution in [-0.2, 0) is 4.79 Å². The van der Waals surface area contributed by atoms with Crippen LogP contribution in [0.2, 0.25) is 0 Å². The summed E-state index contributed by atoms with van der Waals surface area (Å²) in [6, 6.07) is 2.50. The molecule has 0 N–H and O–H groups in total. The molecule has 2 heterocycles. The highest BCUT2D eigenvalue weighted by Gasteiger charge is 2.29. The first-order valence-electron chi connectivity index (χ1n) is 5.63.